The van der Waals surface area contributed by atoms with Crippen LogP contribution in [0.15, 0.2) is 6.07 Å². The number of carbonyl (C=O) groups excluding carboxylic acids is 2. The van der Waals surface area contributed by atoms with Gasteiger partial charge in [0.1, 0.15) is 11.3 Å². The van der Waals surface area contributed by atoms with Crippen molar-refractivity contribution < 1.29 is 24.7 Å². The van der Waals surface area contributed by atoms with Gasteiger partial charge in [0.2, 0.25) is 5.75 Å². The van der Waals surface area contributed by atoms with Gasteiger partial charge in [-0.1, -0.05) is 0 Å². The molecule has 0 spiro atoms. The smallest absolute Gasteiger partial charge is 0.325 e. The highest BCUT2D eigenvalue weighted by Crippen LogP contribution is 2.39. The number of Topliss-reactive ketones (excluding diaryl/α,β-unsaturated/α-hetero) is 2. The van der Waals surface area contributed by atoms with Crippen molar-refractivity contribution in [1.82, 2.24) is 0 Å². The molecule has 17 heavy (non-hydrogen) atoms. The summed E-state index contributed by atoms with van der Waals surface area (Å²) in [7, 11) is 0. The molecule has 1 aromatic rings. The Hall–Kier alpha value is -2.44. The van der Waals surface area contributed by atoms with E-state index in [-0.39, 0.29) is 0 Å². The molecule has 0 aliphatic carbocycles. The predicted octanol–water partition coefficient (Wildman–Crippen LogP) is 1.41. The second kappa shape index (κ2) is 4.20. The monoisotopic (exact) mass is 239 g/mol. The van der Waals surface area contributed by atoms with Crippen molar-refractivity contribution in [2.24, 2.45) is 0 Å². The fraction of sp³-hybridized carbons (Fsp3) is 0.200. The van der Waals surface area contributed by atoms with Crippen molar-refractivity contribution in [1.29, 1.82) is 0 Å². The summed E-state index contributed by atoms with van der Waals surface area (Å²) in [5.74, 6) is -3.05. The lowest BCUT2D eigenvalue weighted by molar-refractivity contribution is -0.386. The summed E-state index contributed by atoms with van der Waals surface area (Å²) in [5.41, 5.74) is -1.97. The van der Waals surface area contributed by atoms with Crippen LogP contribution in [0.25, 0.3) is 0 Å². The SMILES string of the molecule is CC(=O)c1cc(O)c(C(C)=O)c([N+](=O)[O-])c1O. The molecule has 0 radical (unpaired) electrons. The van der Waals surface area contributed by atoms with E-state index in [1.54, 1.807) is 0 Å². The number of nitro groups is 1. The van der Waals surface area contributed by atoms with Crippen LogP contribution in [0.4, 0.5) is 5.69 Å². The Balaban J connectivity index is 3.78. The summed E-state index contributed by atoms with van der Waals surface area (Å²) in [6, 6.07) is 0.835. The highest BCUT2D eigenvalue weighted by molar-refractivity contribution is 6.06. The van der Waals surface area contributed by atoms with E-state index in [1.807, 2.05) is 0 Å². The van der Waals surface area contributed by atoms with Crippen molar-refractivity contribution in [3.63, 3.8) is 0 Å². The van der Waals surface area contributed by atoms with Gasteiger partial charge in [-0.2, -0.15) is 0 Å². The molecule has 1 rings (SSSR count). The van der Waals surface area contributed by atoms with Gasteiger partial charge in [0.05, 0.1) is 10.5 Å². The van der Waals surface area contributed by atoms with Gasteiger partial charge in [0.25, 0.3) is 0 Å². The molecule has 0 heterocycles. The van der Waals surface area contributed by atoms with Crippen molar-refractivity contribution in [2.75, 3.05) is 0 Å². The molecule has 0 aromatic heterocycles. The number of nitrogens with zero attached hydrogens (tertiary/aromatic N) is 1. The standard InChI is InChI=1S/C10H9NO6/c1-4(12)6-3-7(14)8(5(2)13)9(10(6)15)11(16)17/h3,14-15H,1-2H3. The minimum Gasteiger partial charge on any atom is -0.507 e. The van der Waals surface area contributed by atoms with Crippen LogP contribution < -0.4 is 0 Å². The van der Waals surface area contributed by atoms with Crippen molar-refractivity contribution >= 4 is 17.3 Å². The Morgan fingerprint density at radius 3 is 2.12 bits per heavy atom. The molecule has 7 nitrogen and oxygen atoms in total. The minimum absolute atomic E-state index is 0.404. The van der Waals surface area contributed by atoms with E-state index in [9.17, 15) is 29.9 Å². The first kappa shape index (κ1) is 12.6. The number of nitro benzene ring substituents is 1. The fourth-order valence-electron chi connectivity index (χ4n) is 1.44. The maximum absolute atomic E-state index is 11.2. The van der Waals surface area contributed by atoms with E-state index in [0.29, 0.717) is 0 Å². The minimum atomic E-state index is -1.02. The van der Waals surface area contributed by atoms with Crippen LogP contribution in [0.3, 0.4) is 0 Å². The molecule has 2 N–H and O–H groups in total. The van der Waals surface area contributed by atoms with E-state index in [1.165, 1.54) is 0 Å². The molecule has 0 saturated carbocycles. The summed E-state index contributed by atoms with van der Waals surface area (Å²) in [5, 5.41) is 29.8. The van der Waals surface area contributed by atoms with E-state index in [2.05, 4.69) is 0 Å². The summed E-state index contributed by atoms with van der Waals surface area (Å²) in [6.07, 6.45) is 0. The Morgan fingerprint density at radius 1 is 1.24 bits per heavy atom. The van der Waals surface area contributed by atoms with Gasteiger partial charge in [-0.3, -0.25) is 19.7 Å². The quantitative estimate of drug-likeness (QED) is 0.356. The Kier molecular flexibility index (Phi) is 3.12. The van der Waals surface area contributed by atoms with Gasteiger partial charge in [-0.25, -0.2) is 0 Å². The number of benzene rings is 1. The van der Waals surface area contributed by atoms with Crippen LogP contribution in [-0.4, -0.2) is 26.7 Å². The lowest BCUT2D eigenvalue weighted by Gasteiger charge is -2.07. The maximum Gasteiger partial charge on any atom is 0.325 e. The molecule has 0 bridgehead atoms. The van der Waals surface area contributed by atoms with E-state index < -0.39 is 44.8 Å². The number of phenols is 2. The largest absolute Gasteiger partial charge is 0.507 e. The van der Waals surface area contributed by atoms with Gasteiger partial charge >= 0.3 is 5.69 Å². The average molecular weight is 239 g/mol. The van der Waals surface area contributed by atoms with Gasteiger partial charge < -0.3 is 10.2 Å². The lowest BCUT2D eigenvalue weighted by Crippen LogP contribution is -2.04. The molecular weight excluding hydrogens is 230 g/mol. The third-order valence-electron chi connectivity index (χ3n) is 2.17. The second-order valence-electron chi connectivity index (χ2n) is 3.38. The summed E-state index contributed by atoms with van der Waals surface area (Å²) in [6.45, 7) is 2.08. The number of hydrogen-bond acceptors (Lipinski definition) is 6. The molecule has 1 aromatic carbocycles. The molecule has 0 fully saturated rings. The molecular formula is C10H9NO6. The normalized spacial score (nSPS) is 10.0. The summed E-state index contributed by atoms with van der Waals surface area (Å²) in [4.78, 5) is 32.0. The first-order valence-corrected chi connectivity index (χ1v) is 4.52. The van der Waals surface area contributed by atoms with E-state index >= 15 is 0 Å². The second-order valence-corrected chi connectivity index (χ2v) is 3.38. The van der Waals surface area contributed by atoms with Crippen LogP contribution in [0, 0.1) is 10.1 Å². The molecule has 0 aliphatic heterocycles. The van der Waals surface area contributed by atoms with E-state index in [4.69, 9.17) is 0 Å². The highest BCUT2D eigenvalue weighted by Gasteiger charge is 2.30. The summed E-state index contributed by atoms with van der Waals surface area (Å²) < 4.78 is 0. The van der Waals surface area contributed by atoms with Gasteiger partial charge in [0, 0.05) is 0 Å². The molecule has 0 aliphatic rings. The first-order valence-electron chi connectivity index (χ1n) is 4.52. The van der Waals surface area contributed by atoms with Crippen molar-refractivity contribution in [2.45, 2.75) is 13.8 Å². The van der Waals surface area contributed by atoms with Crippen molar-refractivity contribution in [3.05, 3.63) is 27.3 Å². The molecule has 7 heteroatoms. The predicted molar refractivity (Wildman–Crippen MR) is 56.4 cm³/mol. The number of rotatable bonds is 3. The maximum atomic E-state index is 11.2. The van der Waals surface area contributed by atoms with Gasteiger partial charge in [-0.05, 0) is 19.9 Å². The number of phenolic OH excluding ortho intramolecular Hbond substituents is 2. The van der Waals surface area contributed by atoms with Crippen LogP contribution in [0.2, 0.25) is 0 Å². The van der Waals surface area contributed by atoms with E-state index in [0.717, 1.165) is 19.9 Å². The molecule has 90 valence electrons. The Labute approximate surface area is 95.5 Å². The molecule has 0 atom stereocenters. The zero-order valence-electron chi connectivity index (χ0n) is 9.05. The van der Waals surface area contributed by atoms with Crippen LogP contribution in [0.5, 0.6) is 11.5 Å². The first-order chi connectivity index (χ1) is 7.77. The average Bonchev–Trinajstić information content (AvgIpc) is 2.18. The zero-order chi connectivity index (χ0) is 13.3. The number of hydrogen-bond donors (Lipinski definition) is 2. The Bertz CT molecular complexity index is 534. The zero-order valence-corrected chi connectivity index (χ0v) is 9.05. The molecule has 0 unspecified atom stereocenters. The Morgan fingerprint density at radius 2 is 1.76 bits per heavy atom. The lowest BCUT2D eigenvalue weighted by atomic mass is 10.0. The number of carbonyl (C=O) groups is 2. The molecule has 0 amide bonds. The summed E-state index contributed by atoms with van der Waals surface area (Å²) >= 11 is 0. The number of ketones is 2. The number of aromatic hydroxyl groups is 2. The van der Waals surface area contributed by atoms with Crippen LogP contribution in [-0.2, 0) is 0 Å². The fourth-order valence-corrected chi connectivity index (χ4v) is 1.44. The molecule has 0 saturated heterocycles. The van der Waals surface area contributed by atoms with Crippen LogP contribution >= 0.6 is 0 Å². The van der Waals surface area contributed by atoms with Crippen LogP contribution in [0.1, 0.15) is 34.6 Å². The van der Waals surface area contributed by atoms with Gasteiger partial charge in [0.15, 0.2) is 11.6 Å². The van der Waals surface area contributed by atoms with Crippen molar-refractivity contribution in [3.8, 4) is 11.5 Å². The highest BCUT2D eigenvalue weighted by atomic mass is 16.6. The third kappa shape index (κ3) is 2.07. The third-order valence-corrected chi connectivity index (χ3v) is 2.17. The van der Waals surface area contributed by atoms with Gasteiger partial charge in [-0.15, -0.1) is 0 Å². The topological polar surface area (TPSA) is 118 Å².